The van der Waals surface area contributed by atoms with Gasteiger partial charge in [-0.1, -0.05) is 32.0 Å². The maximum absolute atomic E-state index is 12.6. The molecule has 0 aromatic heterocycles. The topological polar surface area (TPSA) is 64.3 Å². The molecule has 1 aliphatic carbocycles. The summed E-state index contributed by atoms with van der Waals surface area (Å²) < 4.78 is 5.70. The predicted octanol–water partition coefficient (Wildman–Crippen LogP) is 1.77. The minimum absolute atomic E-state index is 0.101. The first-order valence-electron chi connectivity index (χ1n) is 6.75. The van der Waals surface area contributed by atoms with Crippen molar-refractivity contribution in [1.29, 1.82) is 0 Å². The van der Waals surface area contributed by atoms with E-state index < -0.39 is 5.54 Å². The van der Waals surface area contributed by atoms with Crippen molar-refractivity contribution in [3.63, 3.8) is 0 Å². The zero-order valence-corrected chi connectivity index (χ0v) is 11.3. The Bertz CT molecular complexity index is 500. The summed E-state index contributed by atoms with van der Waals surface area (Å²) in [6.07, 6.45) is 0.978. The Hall–Kier alpha value is -1.39. The zero-order valence-electron chi connectivity index (χ0n) is 11.3. The van der Waals surface area contributed by atoms with E-state index in [1.54, 1.807) is 0 Å². The van der Waals surface area contributed by atoms with E-state index in [-0.39, 0.29) is 23.3 Å². The summed E-state index contributed by atoms with van der Waals surface area (Å²) in [5, 5.41) is 2.93. The highest BCUT2D eigenvalue weighted by molar-refractivity contribution is 6.00. The van der Waals surface area contributed by atoms with Gasteiger partial charge >= 0.3 is 0 Å². The fraction of sp³-hybridized carbons (Fsp3) is 0.533. The average molecular weight is 260 g/mol. The van der Waals surface area contributed by atoms with E-state index in [0.29, 0.717) is 6.61 Å². The average Bonchev–Trinajstić information content (AvgIpc) is 2.87. The number of nitrogens with two attached hydrogens (primary N) is 1. The number of fused-ring (bicyclic) bond motifs is 1. The molecule has 3 N–H and O–H groups in total. The van der Waals surface area contributed by atoms with Crippen LogP contribution in [0.5, 0.6) is 0 Å². The summed E-state index contributed by atoms with van der Waals surface area (Å²) in [6, 6.07) is 9.45. The monoisotopic (exact) mass is 260 g/mol. The quantitative estimate of drug-likeness (QED) is 0.851. The number of rotatable bonds is 2. The van der Waals surface area contributed by atoms with Gasteiger partial charge in [0.2, 0.25) is 5.91 Å². The Morgan fingerprint density at radius 2 is 2.05 bits per heavy atom. The second kappa shape index (κ2) is 4.05. The SMILES string of the molecule is CC1(C)C2OCCC2C1(N)C(=O)Nc1ccccc1. The number of benzene rings is 1. The van der Waals surface area contributed by atoms with Gasteiger partial charge in [0.05, 0.1) is 6.10 Å². The number of hydrogen-bond donors (Lipinski definition) is 2. The van der Waals surface area contributed by atoms with Crippen LogP contribution in [-0.4, -0.2) is 24.2 Å². The number of anilines is 1. The lowest BCUT2D eigenvalue weighted by Gasteiger charge is -2.60. The van der Waals surface area contributed by atoms with Crippen molar-refractivity contribution in [2.24, 2.45) is 17.1 Å². The van der Waals surface area contributed by atoms with Crippen molar-refractivity contribution in [3.8, 4) is 0 Å². The summed E-state index contributed by atoms with van der Waals surface area (Å²) in [7, 11) is 0. The lowest BCUT2D eigenvalue weighted by Crippen LogP contribution is -2.79. The molecule has 1 saturated carbocycles. The lowest BCUT2D eigenvalue weighted by molar-refractivity contribution is -0.170. The third kappa shape index (κ3) is 1.56. The van der Waals surface area contributed by atoms with E-state index in [0.717, 1.165) is 12.1 Å². The maximum atomic E-state index is 12.6. The van der Waals surface area contributed by atoms with Gasteiger partial charge in [0.1, 0.15) is 5.54 Å². The Morgan fingerprint density at radius 1 is 1.37 bits per heavy atom. The van der Waals surface area contributed by atoms with Crippen LogP contribution in [0.4, 0.5) is 5.69 Å². The minimum Gasteiger partial charge on any atom is -0.377 e. The molecule has 102 valence electrons. The van der Waals surface area contributed by atoms with Crippen LogP contribution in [0.1, 0.15) is 20.3 Å². The summed E-state index contributed by atoms with van der Waals surface area (Å²) >= 11 is 0. The fourth-order valence-electron chi connectivity index (χ4n) is 3.60. The van der Waals surface area contributed by atoms with Crippen LogP contribution in [0.2, 0.25) is 0 Å². The van der Waals surface area contributed by atoms with E-state index in [2.05, 4.69) is 5.32 Å². The third-order valence-electron chi connectivity index (χ3n) is 4.86. The Labute approximate surface area is 113 Å². The van der Waals surface area contributed by atoms with Crippen molar-refractivity contribution in [3.05, 3.63) is 30.3 Å². The van der Waals surface area contributed by atoms with Gasteiger partial charge < -0.3 is 15.8 Å². The van der Waals surface area contributed by atoms with Crippen molar-refractivity contribution < 1.29 is 9.53 Å². The molecular weight excluding hydrogens is 240 g/mol. The molecule has 1 heterocycles. The van der Waals surface area contributed by atoms with Gasteiger partial charge in [-0.2, -0.15) is 0 Å². The predicted molar refractivity (Wildman–Crippen MR) is 73.6 cm³/mol. The Morgan fingerprint density at radius 3 is 2.74 bits per heavy atom. The Kier molecular flexibility index (Phi) is 2.69. The fourth-order valence-corrected chi connectivity index (χ4v) is 3.60. The van der Waals surface area contributed by atoms with Gasteiger partial charge in [0.15, 0.2) is 0 Å². The first-order valence-corrected chi connectivity index (χ1v) is 6.75. The highest BCUT2D eigenvalue weighted by Crippen LogP contribution is 2.58. The van der Waals surface area contributed by atoms with E-state index in [4.69, 9.17) is 10.5 Å². The van der Waals surface area contributed by atoms with Crippen LogP contribution < -0.4 is 11.1 Å². The molecule has 19 heavy (non-hydrogen) atoms. The summed E-state index contributed by atoms with van der Waals surface area (Å²) in [5.74, 6) is 0.0293. The standard InChI is InChI=1S/C15H20N2O2/c1-14(2)12-11(8-9-19-12)15(14,16)13(18)17-10-6-4-3-5-7-10/h3-7,11-12H,8-9,16H2,1-2H3,(H,17,18). The number of para-hydroxylation sites is 1. The first-order chi connectivity index (χ1) is 8.98. The van der Waals surface area contributed by atoms with Crippen LogP contribution >= 0.6 is 0 Å². The van der Waals surface area contributed by atoms with E-state index in [9.17, 15) is 4.79 Å². The van der Waals surface area contributed by atoms with Gasteiger partial charge in [-0.15, -0.1) is 0 Å². The molecular formula is C15H20N2O2. The van der Waals surface area contributed by atoms with Crippen molar-refractivity contribution in [2.75, 3.05) is 11.9 Å². The second-order valence-electron chi connectivity index (χ2n) is 6.10. The molecule has 0 spiro atoms. The molecule has 0 bridgehead atoms. The summed E-state index contributed by atoms with van der Waals surface area (Å²) in [5.41, 5.74) is 6.08. The molecule has 4 heteroatoms. The summed E-state index contributed by atoms with van der Waals surface area (Å²) in [4.78, 5) is 12.6. The normalized spacial score (nSPS) is 35.3. The third-order valence-corrected chi connectivity index (χ3v) is 4.86. The number of nitrogens with one attached hydrogen (secondary N) is 1. The van der Waals surface area contributed by atoms with E-state index in [1.807, 2.05) is 44.2 Å². The Balaban J connectivity index is 1.83. The van der Waals surface area contributed by atoms with E-state index in [1.165, 1.54) is 0 Å². The highest BCUT2D eigenvalue weighted by Gasteiger charge is 2.71. The number of amides is 1. The van der Waals surface area contributed by atoms with Crippen LogP contribution in [0.15, 0.2) is 30.3 Å². The molecule has 1 aromatic carbocycles. The van der Waals surface area contributed by atoms with Crippen molar-refractivity contribution in [1.82, 2.24) is 0 Å². The molecule has 1 aliphatic heterocycles. The highest BCUT2D eigenvalue weighted by atomic mass is 16.5. The number of hydrogen-bond acceptors (Lipinski definition) is 3. The van der Waals surface area contributed by atoms with Crippen LogP contribution in [0.3, 0.4) is 0 Å². The van der Waals surface area contributed by atoms with Gasteiger partial charge in [0.25, 0.3) is 0 Å². The molecule has 0 radical (unpaired) electrons. The largest absolute Gasteiger partial charge is 0.377 e. The maximum Gasteiger partial charge on any atom is 0.245 e. The van der Waals surface area contributed by atoms with Gasteiger partial charge in [-0.25, -0.2) is 0 Å². The minimum atomic E-state index is -0.843. The molecule has 2 aliphatic rings. The number of ether oxygens (including phenoxy) is 1. The molecule has 3 rings (SSSR count). The smallest absolute Gasteiger partial charge is 0.245 e. The molecule has 1 saturated heterocycles. The molecule has 1 amide bonds. The zero-order chi connectivity index (χ0) is 13.7. The molecule has 3 unspecified atom stereocenters. The number of carbonyl (C=O) groups is 1. The second-order valence-corrected chi connectivity index (χ2v) is 6.10. The molecule has 1 aromatic rings. The van der Waals surface area contributed by atoms with Crippen molar-refractivity contribution in [2.45, 2.75) is 31.9 Å². The lowest BCUT2D eigenvalue weighted by atomic mass is 9.48. The van der Waals surface area contributed by atoms with Gasteiger partial charge in [-0.05, 0) is 18.6 Å². The number of carbonyl (C=O) groups excluding carboxylic acids is 1. The van der Waals surface area contributed by atoms with Crippen LogP contribution in [0.25, 0.3) is 0 Å². The van der Waals surface area contributed by atoms with Crippen molar-refractivity contribution >= 4 is 11.6 Å². The molecule has 2 fully saturated rings. The van der Waals surface area contributed by atoms with Gasteiger partial charge in [-0.3, -0.25) is 4.79 Å². The molecule has 3 atom stereocenters. The molecule has 4 nitrogen and oxygen atoms in total. The van der Waals surface area contributed by atoms with Crippen LogP contribution in [-0.2, 0) is 9.53 Å². The first kappa shape index (κ1) is 12.6. The van der Waals surface area contributed by atoms with Crippen LogP contribution in [0, 0.1) is 11.3 Å². The van der Waals surface area contributed by atoms with E-state index >= 15 is 0 Å². The van der Waals surface area contributed by atoms with Gasteiger partial charge in [0, 0.05) is 23.6 Å². The summed E-state index contributed by atoms with van der Waals surface area (Å²) in [6.45, 7) is 4.74.